The molecule has 1 atom stereocenters. The van der Waals surface area contributed by atoms with Crippen molar-refractivity contribution >= 4 is 5.78 Å². The highest BCUT2D eigenvalue weighted by Gasteiger charge is 2.19. The van der Waals surface area contributed by atoms with Crippen LogP contribution >= 0.6 is 0 Å². The van der Waals surface area contributed by atoms with Crippen molar-refractivity contribution in [3.05, 3.63) is 95.6 Å². The Morgan fingerprint density at radius 1 is 0.950 bits per heavy atom. The minimum Gasteiger partial charge on any atom is -0.295 e. The molecular weight excluding hydrogens is 244 g/mol. The van der Waals surface area contributed by atoms with Gasteiger partial charge in [0, 0.05) is 12.3 Å². The molecule has 2 aromatic rings. The summed E-state index contributed by atoms with van der Waals surface area (Å²) in [5.74, 6) is 0.332. The number of ketones is 1. The zero-order valence-corrected chi connectivity index (χ0v) is 11.1. The molecule has 2 aromatic carbocycles. The smallest absolute Gasteiger partial charge is 0.159 e. The molecule has 3 rings (SSSR count). The van der Waals surface area contributed by atoms with Crippen molar-refractivity contribution in [2.75, 3.05) is 0 Å². The summed E-state index contributed by atoms with van der Waals surface area (Å²) in [7, 11) is 0. The number of hydrogen-bond acceptors (Lipinski definition) is 1. The van der Waals surface area contributed by atoms with Crippen LogP contribution in [0, 0.1) is 6.07 Å². The van der Waals surface area contributed by atoms with Crippen LogP contribution < -0.4 is 0 Å². The van der Waals surface area contributed by atoms with E-state index in [-0.39, 0.29) is 11.7 Å². The lowest BCUT2D eigenvalue weighted by atomic mass is 9.83. The summed E-state index contributed by atoms with van der Waals surface area (Å²) in [4.78, 5) is 11.4. The molecule has 1 unspecified atom stereocenters. The Bertz CT molecular complexity index is 611. The lowest BCUT2D eigenvalue weighted by Crippen LogP contribution is -2.07. The van der Waals surface area contributed by atoms with Crippen LogP contribution in [0.3, 0.4) is 0 Å². The van der Waals surface area contributed by atoms with Gasteiger partial charge in [0.2, 0.25) is 0 Å². The molecule has 0 saturated heterocycles. The van der Waals surface area contributed by atoms with E-state index in [0.717, 1.165) is 0 Å². The summed E-state index contributed by atoms with van der Waals surface area (Å²) >= 11 is 0. The largest absolute Gasteiger partial charge is 0.295 e. The third-order valence-corrected chi connectivity index (χ3v) is 3.53. The maximum Gasteiger partial charge on any atom is 0.159 e. The molecule has 1 nitrogen and oxygen atoms in total. The first-order valence-corrected chi connectivity index (χ1v) is 6.76. The zero-order valence-electron chi connectivity index (χ0n) is 11.1. The molecule has 1 aliphatic rings. The Kier molecular flexibility index (Phi) is 3.60. The molecule has 0 N–H and O–H groups in total. The van der Waals surface area contributed by atoms with Crippen LogP contribution in [0.15, 0.2) is 78.4 Å². The second kappa shape index (κ2) is 5.70. The highest BCUT2D eigenvalue weighted by atomic mass is 16.1. The first-order valence-electron chi connectivity index (χ1n) is 6.76. The molecule has 1 heteroatoms. The fourth-order valence-electron chi connectivity index (χ4n) is 2.57. The summed E-state index contributed by atoms with van der Waals surface area (Å²) < 4.78 is 0. The van der Waals surface area contributed by atoms with Gasteiger partial charge in [0.15, 0.2) is 5.78 Å². The summed E-state index contributed by atoms with van der Waals surface area (Å²) in [6, 6.07) is 21.5. The third kappa shape index (κ3) is 2.62. The van der Waals surface area contributed by atoms with Gasteiger partial charge >= 0.3 is 0 Å². The van der Waals surface area contributed by atoms with Gasteiger partial charge < -0.3 is 0 Å². The van der Waals surface area contributed by atoms with Crippen molar-refractivity contribution in [1.29, 1.82) is 0 Å². The lowest BCUT2D eigenvalue weighted by molar-refractivity contribution is -0.113. The van der Waals surface area contributed by atoms with E-state index < -0.39 is 0 Å². The van der Waals surface area contributed by atoms with Crippen LogP contribution in [0.2, 0.25) is 0 Å². The average Bonchev–Trinajstić information content (AvgIpc) is 2.52. The van der Waals surface area contributed by atoms with Gasteiger partial charge in [-0.25, -0.2) is 0 Å². The molecule has 97 valence electrons. The second-order valence-corrected chi connectivity index (χ2v) is 4.89. The van der Waals surface area contributed by atoms with Crippen LogP contribution in [0.5, 0.6) is 0 Å². The molecule has 20 heavy (non-hydrogen) atoms. The monoisotopic (exact) mass is 259 g/mol. The minimum atomic E-state index is 0.165. The van der Waals surface area contributed by atoms with Crippen LogP contribution in [0.4, 0.5) is 0 Å². The lowest BCUT2D eigenvalue weighted by Gasteiger charge is -2.21. The first-order chi connectivity index (χ1) is 9.84. The predicted molar refractivity (Wildman–Crippen MR) is 80.4 cm³/mol. The molecule has 0 heterocycles. The van der Waals surface area contributed by atoms with Crippen molar-refractivity contribution in [2.24, 2.45) is 0 Å². The summed E-state index contributed by atoms with van der Waals surface area (Å²) in [6.07, 6.45) is 6.15. The molecular formula is C19H15O. The van der Waals surface area contributed by atoms with Gasteiger partial charge in [-0.2, -0.15) is 0 Å². The number of hydrogen-bond donors (Lipinski definition) is 0. The summed E-state index contributed by atoms with van der Waals surface area (Å²) in [5, 5.41) is 0. The molecule has 0 spiro atoms. The number of benzene rings is 2. The Labute approximate surface area is 119 Å². The normalized spacial score (nSPS) is 14.4. The van der Waals surface area contributed by atoms with Crippen molar-refractivity contribution in [2.45, 2.75) is 12.3 Å². The minimum absolute atomic E-state index is 0.165. The molecule has 0 saturated carbocycles. The van der Waals surface area contributed by atoms with Crippen molar-refractivity contribution in [1.82, 2.24) is 0 Å². The van der Waals surface area contributed by atoms with Crippen LogP contribution in [0.1, 0.15) is 23.5 Å². The van der Waals surface area contributed by atoms with Gasteiger partial charge in [-0.05, 0) is 28.8 Å². The first kappa shape index (κ1) is 12.6. The van der Waals surface area contributed by atoms with Gasteiger partial charge in [-0.15, -0.1) is 0 Å². The van der Waals surface area contributed by atoms with Crippen LogP contribution in [-0.4, -0.2) is 5.78 Å². The molecule has 1 radical (unpaired) electrons. The Balaban J connectivity index is 2.05. The van der Waals surface area contributed by atoms with E-state index in [4.69, 9.17) is 0 Å². The molecule has 0 fully saturated rings. The fraction of sp³-hybridized carbons (Fsp3) is 0.105. The van der Waals surface area contributed by atoms with Crippen LogP contribution in [0.25, 0.3) is 0 Å². The van der Waals surface area contributed by atoms with Crippen LogP contribution in [-0.2, 0) is 4.79 Å². The molecule has 1 aliphatic carbocycles. The SMILES string of the molecule is O=C1C=CC(C(c2c[c]ccc2)c2ccccc2)=CC1. The molecule has 0 bridgehead atoms. The van der Waals surface area contributed by atoms with E-state index in [0.29, 0.717) is 6.42 Å². The van der Waals surface area contributed by atoms with Gasteiger partial charge in [-0.3, -0.25) is 4.79 Å². The highest BCUT2D eigenvalue weighted by Crippen LogP contribution is 2.33. The standard InChI is InChI=1S/C19H15O/c20-18-13-11-17(12-14-18)19(15-7-3-1-4-8-15)16-9-5-2-6-10-16/h1-5,7-13,19H,14H2. The maximum atomic E-state index is 11.4. The van der Waals surface area contributed by atoms with Gasteiger partial charge in [0.05, 0.1) is 0 Å². The highest BCUT2D eigenvalue weighted by molar-refractivity contribution is 5.92. The third-order valence-electron chi connectivity index (χ3n) is 3.53. The Morgan fingerprint density at radius 2 is 1.75 bits per heavy atom. The van der Waals surface area contributed by atoms with E-state index >= 15 is 0 Å². The van der Waals surface area contributed by atoms with Crippen molar-refractivity contribution in [3.63, 3.8) is 0 Å². The van der Waals surface area contributed by atoms with E-state index in [1.54, 1.807) is 6.08 Å². The molecule has 0 aliphatic heterocycles. The Morgan fingerprint density at radius 3 is 2.40 bits per heavy atom. The molecule has 0 amide bonds. The van der Waals surface area contributed by atoms with E-state index in [1.807, 2.05) is 48.6 Å². The average molecular weight is 259 g/mol. The van der Waals surface area contributed by atoms with E-state index in [2.05, 4.69) is 24.3 Å². The van der Waals surface area contributed by atoms with E-state index in [1.165, 1.54) is 16.7 Å². The summed E-state index contributed by atoms with van der Waals surface area (Å²) in [6.45, 7) is 0. The fourth-order valence-corrected chi connectivity index (χ4v) is 2.57. The Hall–Kier alpha value is -2.41. The molecule has 0 aromatic heterocycles. The maximum absolute atomic E-state index is 11.4. The van der Waals surface area contributed by atoms with Gasteiger partial charge in [-0.1, -0.05) is 66.7 Å². The predicted octanol–water partition coefficient (Wildman–Crippen LogP) is 4.07. The summed E-state index contributed by atoms with van der Waals surface area (Å²) in [5.41, 5.74) is 3.61. The number of rotatable bonds is 3. The number of carbonyl (C=O) groups excluding carboxylic acids is 1. The van der Waals surface area contributed by atoms with E-state index in [9.17, 15) is 4.79 Å². The van der Waals surface area contributed by atoms with Gasteiger partial charge in [0.25, 0.3) is 0 Å². The van der Waals surface area contributed by atoms with Crippen molar-refractivity contribution < 1.29 is 4.79 Å². The quantitative estimate of drug-likeness (QED) is 0.812. The topological polar surface area (TPSA) is 17.1 Å². The van der Waals surface area contributed by atoms with Crippen molar-refractivity contribution in [3.8, 4) is 0 Å². The second-order valence-electron chi connectivity index (χ2n) is 4.89. The number of carbonyl (C=O) groups is 1. The van der Waals surface area contributed by atoms with Gasteiger partial charge in [0.1, 0.15) is 0 Å². The zero-order chi connectivity index (χ0) is 13.8. The number of allylic oxidation sites excluding steroid dienone is 4.